The van der Waals surface area contributed by atoms with Gasteiger partial charge in [-0.3, -0.25) is 9.63 Å². The first-order valence-corrected chi connectivity index (χ1v) is 8.38. The third kappa shape index (κ3) is 4.65. The fraction of sp³-hybridized carbons (Fsp3) is 0.588. The molecule has 5 nitrogen and oxygen atoms in total. The van der Waals surface area contributed by atoms with E-state index in [2.05, 4.69) is 5.32 Å². The quantitative estimate of drug-likeness (QED) is 0.903. The number of hydrogen-bond donors (Lipinski definition) is 1. The van der Waals surface area contributed by atoms with Crippen LogP contribution in [0.3, 0.4) is 0 Å². The molecule has 1 aromatic rings. The molecular weight excluding hydrogens is 297 g/mol. The molecule has 2 aliphatic rings. The highest BCUT2D eigenvalue weighted by atomic mass is 19.1. The van der Waals surface area contributed by atoms with Crippen LogP contribution in [0.15, 0.2) is 24.3 Å². The molecule has 6 heteroatoms. The Hall–Kier alpha value is -1.66. The highest BCUT2D eigenvalue weighted by Crippen LogP contribution is 2.18. The average Bonchev–Trinajstić information content (AvgIpc) is 3.06. The van der Waals surface area contributed by atoms with Crippen LogP contribution >= 0.6 is 0 Å². The molecule has 0 bridgehead atoms. The third-order valence-corrected chi connectivity index (χ3v) is 4.37. The molecule has 3 rings (SSSR count). The molecule has 2 aliphatic heterocycles. The molecule has 0 aromatic heterocycles. The molecule has 1 N–H and O–H groups in total. The Labute approximate surface area is 136 Å². The molecule has 1 amide bonds. The smallest absolute Gasteiger partial charge is 0.224 e. The first-order chi connectivity index (χ1) is 11.2. The van der Waals surface area contributed by atoms with E-state index in [1.54, 1.807) is 6.07 Å². The van der Waals surface area contributed by atoms with Gasteiger partial charge in [0.15, 0.2) is 0 Å². The Balaban J connectivity index is 1.48. The van der Waals surface area contributed by atoms with Gasteiger partial charge in [0.25, 0.3) is 0 Å². The summed E-state index contributed by atoms with van der Waals surface area (Å²) in [5.41, 5.74) is 0.773. The molecule has 0 aliphatic carbocycles. The number of piperidine rings is 1. The summed E-state index contributed by atoms with van der Waals surface area (Å²) in [6, 6.07) is 6.65. The van der Waals surface area contributed by atoms with E-state index in [1.807, 2.05) is 16.0 Å². The second-order valence-electron chi connectivity index (χ2n) is 6.20. The Morgan fingerprint density at radius 2 is 2.26 bits per heavy atom. The third-order valence-electron chi connectivity index (χ3n) is 4.37. The Kier molecular flexibility index (Phi) is 5.46. The van der Waals surface area contributed by atoms with Gasteiger partial charge < -0.3 is 10.2 Å². The lowest BCUT2D eigenvalue weighted by Gasteiger charge is -2.34. The molecule has 1 atom stereocenters. The number of carbonyl (C=O) groups is 1. The van der Waals surface area contributed by atoms with Crippen LogP contribution in [-0.4, -0.2) is 54.7 Å². The average molecular weight is 321 g/mol. The summed E-state index contributed by atoms with van der Waals surface area (Å²) in [5.74, 6) is -0.0735. The maximum atomic E-state index is 13.3. The van der Waals surface area contributed by atoms with Gasteiger partial charge in [-0.2, -0.15) is 5.06 Å². The van der Waals surface area contributed by atoms with Crippen molar-refractivity contribution in [3.63, 3.8) is 0 Å². The van der Waals surface area contributed by atoms with Gasteiger partial charge in [-0.25, -0.2) is 4.39 Å². The molecule has 2 heterocycles. The van der Waals surface area contributed by atoms with Gasteiger partial charge in [0.05, 0.1) is 6.61 Å². The van der Waals surface area contributed by atoms with Crippen molar-refractivity contribution in [1.82, 2.24) is 9.96 Å². The van der Waals surface area contributed by atoms with E-state index in [0.717, 1.165) is 44.6 Å². The van der Waals surface area contributed by atoms with Crippen molar-refractivity contribution in [2.24, 2.45) is 0 Å². The SMILES string of the molecule is O=C(CCN1CCCO1)N1CCC[C@@H](Nc2cccc(F)c2)C1. The number of hydrogen-bond acceptors (Lipinski definition) is 4. The number of anilines is 1. The van der Waals surface area contributed by atoms with Crippen molar-refractivity contribution in [3.05, 3.63) is 30.1 Å². The fourth-order valence-electron chi connectivity index (χ4n) is 3.19. The summed E-state index contributed by atoms with van der Waals surface area (Å²) in [6.07, 6.45) is 3.50. The number of hydroxylamine groups is 2. The number of nitrogens with zero attached hydrogens (tertiary/aromatic N) is 2. The lowest BCUT2D eigenvalue weighted by molar-refractivity contribution is -0.139. The fourth-order valence-corrected chi connectivity index (χ4v) is 3.19. The van der Waals surface area contributed by atoms with E-state index in [9.17, 15) is 9.18 Å². The highest BCUT2D eigenvalue weighted by Gasteiger charge is 2.24. The number of likely N-dealkylation sites (tertiary alicyclic amines) is 1. The monoisotopic (exact) mass is 321 g/mol. The van der Waals surface area contributed by atoms with Crippen molar-refractivity contribution in [1.29, 1.82) is 0 Å². The highest BCUT2D eigenvalue weighted by molar-refractivity contribution is 5.76. The number of benzene rings is 1. The largest absolute Gasteiger partial charge is 0.380 e. The van der Waals surface area contributed by atoms with Gasteiger partial charge in [0, 0.05) is 44.3 Å². The van der Waals surface area contributed by atoms with Gasteiger partial charge in [-0.1, -0.05) is 6.07 Å². The minimum Gasteiger partial charge on any atom is -0.380 e. The second kappa shape index (κ2) is 7.75. The summed E-state index contributed by atoms with van der Waals surface area (Å²) in [6.45, 7) is 3.82. The van der Waals surface area contributed by atoms with Crippen molar-refractivity contribution in [2.75, 3.05) is 38.1 Å². The predicted octanol–water partition coefficient (Wildman–Crippen LogP) is 2.26. The van der Waals surface area contributed by atoms with Gasteiger partial charge in [0.2, 0.25) is 5.91 Å². The summed E-state index contributed by atoms with van der Waals surface area (Å²) >= 11 is 0. The van der Waals surface area contributed by atoms with E-state index in [0.29, 0.717) is 19.5 Å². The van der Waals surface area contributed by atoms with Crippen molar-refractivity contribution < 1.29 is 14.0 Å². The van der Waals surface area contributed by atoms with Crippen LogP contribution in [0.2, 0.25) is 0 Å². The Bertz CT molecular complexity index is 534. The Morgan fingerprint density at radius 1 is 1.35 bits per heavy atom. The molecule has 23 heavy (non-hydrogen) atoms. The number of rotatable bonds is 5. The maximum Gasteiger partial charge on any atom is 0.224 e. The minimum absolute atomic E-state index is 0.172. The minimum atomic E-state index is -0.246. The van der Waals surface area contributed by atoms with E-state index < -0.39 is 0 Å². The molecule has 2 saturated heterocycles. The topological polar surface area (TPSA) is 44.8 Å². The normalized spacial score (nSPS) is 22.3. The van der Waals surface area contributed by atoms with E-state index in [1.165, 1.54) is 12.1 Å². The van der Waals surface area contributed by atoms with Crippen LogP contribution < -0.4 is 5.32 Å². The lowest BCUT2D eigenvalue weighted by atomic mass is 10.0. The van der Waals surface area contributed by atoms with Crippen LogP contribution in [0.1, 0.15) is 25.7 Å². The Morgan fingerprint density at radius 3 is 3.04 bits per heavy atom. The van der Waals surface area contributed by atoms with Crippen LogP contribution in [0.5, 0.6) is 0 Å². The standard InChI is InChI=1S/C17H24FN3O2/c18-14-4-1-5-15(12-14)19-16-6-2-8-20(13-16)17(22)7-10-21-9-3-11-23-21/h1,4-5,12,16,19H,2-3,6-11,13H2/t16-/m1/s1. The number of halogens is 1. The van der Waals surface area contributed by atoms with Gasteiger partial charge in [-0.05, 0) is 37.5 Å². The first-order valence-electron chi connectivity index (χ1n) is 8.38. The molecule has 0 radical (unpaired) electrons. The van der Waals surface area contributed by atoms with E-state index in [-0.39, 0.29) is 17.8 Å². The first kappa shape index (κ1) is 16.2. The van der Waals surface area contributed by atoms with Crippen LogP contribution in [0, 0.1) is 5.82 Å². The molecule has 1 aromatic carbocycles. The maximum absolute atomic E-state index is 13.3. The molecular formula is C17H24FN3O2. The second-order valence-corrected chi connectivity index (χ2v) is 6.20. The molecule has 2 fully saturated rings. The lowest BCUT2D eigenvalue weighted by Crippen LogP contribution is -2.45. The molecule has 0 unspecified atom stereocenters. The molecule has 0 spiro atoms. The van der Waals surface area contributed by atoms with E-state index >= 15 is 0 Å². The number of nitrogens with one attached hydrogen (secondary N) is 1. The molecule has 126 valence electrons. The van der Waals surface area contributed by atoms with Crippen molar-refractivity contribution >= 4 is 11.6 Å². The van der Waals surface area contributed by atoms with Crippen LogP contribution in [0.4, 0.5) is 10.1 Å². The zero-order valence-electron chi connectivity index (χ0n) is 13.3. The van der Waals surface area contributed by atoms with Crippen molar-refractivity contribution in [2.45, 2.75) is 31.7 Å². The van der Waals surface area contributed by atoms with E-state index in [4.69, 9.17) is 4.84 Å². The summed E-state index contributed by atoms with van der Waals surface area (Å²) in [7, 11) is 0. The predicted molar refractivity (Wildman–Crippen MR) is 86.4 cm³/mol. The van der Waals surface area contributed by atoms with Crippen LogP contribution in [-0.2, 0) is 9.63 Å². The summed E-state index contributed by atoms with van der Waals surface area (Å²) < 4.78 is 13.3. The zero-order chi connectivity index (χ0) is 16.1. The van der Waals surface area contributed by atoms with Gasteiger partial charge >= 0.3 is 0 Å². The van der Waals surface area contributed by atoms with Crippen molar-refractivity contribution in [3.8, 4) is 0 Å². The molecule has 0 saturated carbocycles. The van der Waals surface area contributed by atoms with Gasteiger partial charge in [0.1, 0.15) is 5.82 Å². The van der Waals surface area contributed by atoms with Crippen LogP contribution in [0.25, 0.3) is 0 Å². The number of carbonyl (C=O) groups excluding carboxylic acids is 1. The number of amides is 1. The zero-order valence-corrected chi connectivity index (χ0v) is 13.3. The summed E-state index contributed by atoms with van der Waals surface area (Å²) in [5, 5.41) is 5.21. The summed E-state index contributed by atoms with van der Waals surface area (Å²) in [4.78, 5) is 19.7. The van der Waals surface area contributed by atoms with Gasteiger partial charge in [-0.15, -0.1) is 0 Å².